The van der Waals surface area contributed by atoms with Gasteiger partial charge in [0.2, 0.25) is 0 Å². The van der Waals surface area contributed by atoms with Gasteiger partial charge in [0.05, 0.1) is 16.8 Å². The van der Waals surface area contributed by atoms with Crippen LogP contribution in [0.5, 0.6) is 0 Å². The standard InChI is InChI=1S/C24H19N3O2/c1-16-10-12-17(13-11-16)23-15-21(20-8-3-4-9-22(20)25-23)24(28)27(2)19-7-5-6-18(14-19)26-29/h3-15H,1-2H3. The number of pyridine rings is 1. The van der Waals surface area contributed by atoms with Gasteiger partial charge in [-0.2, -0.15) is 0 Å². The van der Waals surface area contributed by atoms with Crippen molar-refractivity contribution in [2.24, 2.45) is 5.18 Å². The quantitative estimate of drug-likeness (QED) is 0.414. The number of anilines is 1. The van der Waals surface area contributed by atoms with Crippen LogP contribution in [0.15, 0.2) is 84.0 Å². The van der Waals surface area contributed by atoms with Crippen LogP contribution in [0.1, 0.15) is 15.9 Å². The average Bonchev–Trinajstić information content (AvgIpc) is 2.78. The Labute approximate surface area is 168 Å². The van der Waals surface area contributed by atoms with Gasteiger partial charge >= 0.3 is 0 Å². The number of fused-ring (bicyclic) bond motifs is 1. The maximum absolute atomic E-state index is 13.4. The molecule has 1 aromatic heterocycles. The van der Waals surface area contributed by atoms with Gasteiger partial charge < -0.3 is 4.90 Å². The van der Waals surface area contributed by atoms with Gasteiger partial charge in [0.25, 0.3) is 5.91 Å². The minimum Gasteiger partial charge on any atom is -0.311 e. The molecule has 0 atom stereocenters. The minimum absolute atomic E-state index is 0.181. The Balaban J connectivity index is 1.84. The first-order chi connectivity index (χ1) is 14.1. The van der Waals surface area contributed by atoms with E-state index in [1.54, 1.807) is 31.3 Å². The molecule has 0 spiro atoms. The lowest BCUT2D eigenvalue weighted by Gasteiger charge is -2.19. The molecule has 142 valence electrons. The smallest absolute Gasteiger partial charge is 0.258 e. The summed E-state index contributed by atoms with van der Waals surface area (Å²) in [7, 11) is 1.69. The number of amides is 1. The first-order valence-corrected chi connectivity index (χ1v) is 9.25. The van der Waals surface area contributed by atoms with E-state index in [1.807, 2.05) is 61.5 Å². The molecular weight excluding hydrogens is 362 g/mol. The van der Waals surface area contributed by atoms with Crippen LogP contribution < -0.4 is 4.90 Å². The molecule has 0 N–H and O–H groups in total. The number of hydrogen-bond donors (Lipinski definition) is 0. The number of aryl methyl sites for hydroxylation is 1. The molecule has 0 radical (unpaired) electrons. The lowest BCUT2D eigenvalue weighted by atomic mass is 10.0. The van der Waals surface area contributed by atoms with Crippen LogP contribution in [0.3, 0.4) is 0 Å². The van der Waals surface area contributed by atoms with E-state index >= 15 is 0 Å². The number of carbonyl (C=O) groups is 1. The molecule has 3 aromatic carbocycles. The number of benzene rings is 3. The van der Waals surface area contributed by atoms with E-state index in [0.717, 1.165) is 27.7 Å². The van der Waals surface area contributed by atoms with Crippen LogP contribution in [-0.2, 0) is 0 Å². The number of carbonyl (C=O) groups excluding carboxylic acids is 1. The predicted molar refractivity (Wildman–Crippen MR) is 117 cm³/mol. The van der Waals surface area contributed by atoms with Crippen molar-refractivity contribution in [3.8, 4) is 11.3 Å². The van der Waals surface area contributed by atoms with E-state index in [-0.39, 0.29) is 11.6 Å². The van der Waals surface area contributed by atoms with E-state index in [1.165, 1.54) is 4.90 Å². The molecule has 0 saturated heterocycles. The van der Waals surface area contributed by atoms with Crippen LogP contribution >= 0.6 is 0 Å². The fraction of sp³-hybridized carbons (Fsp3) is 0.0833. The highest BCUT2D eigenvalue weighted by Crippen LogP contribution is 2.28. The lowest BCUT2D eigenvalue weighted by molar-refractivity contribution is 0.0994. The Bertz CT molecular complexity index is 1220. The summed E-state index contributed by atoms with van der Waals surface area (Å²) in [5.74, 6) is -0.181. The number of nitroso groups, excluding NO2 is 1. The lowest BCUT2D eigenvalue weighted by Crippen LogP contribution is -2.26. The minimum atomic E-state index is -0.181. The molecule has 4 aromatic rings. The normalized spacial score (nSPS) is 10.7. The molecule has 0 unspecified atom stereocenters. The van der Waals surface area contributed by atoms with E-state index in [0.29, 0.717) is 11.3 Å². The second-order valence-corrected chi connectivity index (χ2v) is 6.91. The summed E-state index contributed by atoms with van der Waals surface area (Å²) in [6.45, 7) is 2.03. The molecular formula is C24H19N3O2. The number of nitrogens with zero attached hydrogens (tertiary/aromatic N) is 3. The SMILES string of the molecule is Cc1ccc(-c2cc(C(=O)N(C)c3cccc(N=O)c3)c3ccccc3n2)cc1. The highest BCUT2D eigenvalue weighted by Gasteiger charge is 2.19. The summed E-state index contributed by atoms with van der Waals surface area (Å²) < 4.78 is 0. The van der Waals surface area contributed by atoms with Crippen molar-refractivity contribution in [1.29, 1.82) is 0 Å². The van der Waals surface area contributed by atoms with Gasteiger partial charge in [-0.25, -0.2) is 4.98 Å². The Morgan fingerprint density at radius 1 is 0.931 bits per heavy atom. The Kier molecular flexibility index (Phi) is 4.87. The highest BCUT2D eigenvalue weighted by atomic mass is 16.3. The number of hydrogen-bond acceptors (Lipinski definition) is 4. The summed E-state index contributed by atoms with van der Waals surface area (Å²) in [6.07, 6.45) is 0. The van der Waals surface area contributed by atoms with Gasteiger partial charge in [0.15, 0.2) is 0 Å². The van der Waals surface area contributed by atoms with Gasteiger partial charge in [-0.05, 0) is 42.4 Å². The van der Waals surface area contributed by atoms with Crippen molar-refractivity contribution < 1.29 is 4.79 Å². The fourth-order valence-electron chi connectivity index (χ4n) is 3.28. The van der Waals surface area contributed by atoms with Gasteiger partial charge in [-0.3, -0.25) is 4.79 Å². The van der Waals surface area contributed by atoms with E-state index < -0.39 is 0 Å². The van der Waals surface area contributed by atoms with Gasteiger partial charge in [0.1, 0.15) is 5.69 Å². The number of aromatic nitrogens is 1. The topological polar surface area (TPSA) is 62.6 Å². The second-order valence-electron chi connectivity index (χ2n) is 6.91. The van der Waals surface area contributed by atoms with Gasteiger partial charge in [0, 0.05) is 23.7 Å². The number of rotatable bonds is 4. The predicted octanol–water partition coefficient (Wildman–Crippen LogP) is 5.88. The Morgan fingerprint density at radius 3 is 2.45 bits per heavy atom. The molecule has 0 aliphatic rings. The van der Waals surface area contributed by atoms with Gasteiger partial charge in [-0.15, -0.1) is 4.91 Å². The first-order valence-electron chi connectivity index (χ1n) is 9.25. The summed E-state index contributed by atoms with van der Waals surface area (Å²) in [4.78, 5) is 30.5. The van der Waals surface area contributed by atoms with Crippen molar-refractivity contribution in [3.63, 3.8) is 0 Å². The molecule has 29 heavy (non-hydrogen) atoms. The molecule has 0 bridgehead atoms. The monoisotopic (exact) mass is 381 g/mol. The molecule has 0 saturated carbocycles. The third-order valence-electron chi connectivity index (χ3n) is 4.92. The Hall–Kier alpha value is -3.86. The zero-order valence-electron chi connectivity index (χ0n) is 16.2. The molecule has 0 fully saturated rings. The third-order valence-corrected chi connectivity index (χ3v) is 4.92. The third kappa shape index (κ3) is 3.62. The van der Waals surface area contributed by atoms with Gasteiger partial charge in [-0.1, -0.05) is 54.1 Å². The van der Waals surface area contributed by atoms with Crippen LogP contribution in [0.4, 0.5) is 11.4 Å². The van der Waals surface area contributed by atoms with Crippen molar-refractivity contribution in [3.05, 3.63) is 94.9 Å². The van der Waals surface area contributed by atoms with Crippen molar-refractivity contribution in [1.82, 2.24) is 4.98 Å². The zero-order valence-corrected chi connectivity index (χ0v) is 16.2. The molecule has 1 heterocycles. The fourth-order valence-corrected chi connectivity index (χ4v) is 3.28. The largest absolute Gasteiger partial charge is 0.311 e. The van der Waals surface area contributed by atoms with Crippen molar-refractivity contribution >= 4 is 28.2 Å². The number of para-hydroxylation sites is 1. The maximum Gasteiger partial charge on any atom is 0.258 e. The molecule has 1 amide bonds. The second kappa shape index (κ2) is 7.64. The van der Waals surface area contributed by atoms with Crippen LogP contribution in [0.25, 0.3) is 22.2 Å². The molecule has 0 aliphatic heterocycles. The molecule has 0 aliphatic carbocycles. The van der Waals surface area contributed by atoms with Crippen LogP contribution in [0, 0.1) is 11.8 Å². The van der Waals surface area contributed by atoms with E-state index in [9.17, 15) is 9.70 Å². The summed E-state index contributed by atoms with van der Waals surface area (Å²) in [5.41, 5.74) is 5.04. The highest BCUT2D eigenvalue weighted by molar-refractivity contribution is 6.14. The van der Waals surface area contributed by atoms with E-state index in [4.69, 9.17) is 4.98 Å². The maximum atomic E-state index is 13.4. The van der Waals surface area contributed by atoms with Crippen LogP contribution in [0.2, 0.25) is 0 Å². The molecule has 4 rings (SSSR count). The molecule has 5 heteroatoms. The van der Waals surface area contributed by atoms with Crippen LogP contribution in [-0.4, -0.2) is 17.9 Å². The summed E-state index contributed by atoms with van der Waals surface area (Å²) in [5, 5.41) is 3.74. The average molecular weight is 381 g/mol. The summed E-state index contributed by atoms with van der Waals surface area (Å²) in [6, 6.07) is 24.2. The van der Waals surface area contributed by atoms with Crippen molar-refractivity contribution in [2.45, 2.75) is 6.92 Å². The summed E-state index contributed by atoms with van der Waals surface area (Å²) >= 11 is 0. The molecule has 5 nitrogen and oxygen atoms in total. The van der Waals surface area contributed by atoms with Crippen molar-refractivity contribution in [2.75, 3.05) is 11.9 Å². The first kappa shape index (κ1) is 18.5. The van der Waals surface area contributed by atoms with E-state index in [2.05, 4.69) is 5.18 Å². The Morgan fingerprint density at radius 2 is 1.69 bits per heavy atom. The zero-order chi connectivity index (χ0) is 20.4.